The second kappa shape index (κ2) is 10.00. The molecule has 11 heteroatoms. The Kier molecular flexibility index (Phi) is 6.85. The molecule has 2 amide bonds. The number of aromatic nitrogens is 3. The molecule has 3 heterocycles. The predicted octanol–water partition coefficient (Wildman–Crippen LogP) is 2.28. The molecule has 1 unspecified atom stereocenters. The van der Waals surface area contributed by atoms with E-state index in [-0.39, 0.29) is 24.1 Å². The van der Waals surface area contributed by atoms with E-state index in [0.717, 1.165) is 0 Å². The van der Waals surface area contributed by atoms with E-state index in [1.165, 1.54) is 0 Å². The number of hydrazine groups is 1. The van der Waals surface area contributed by atoms with Gasteiger partial charge < -0.3 is 14.2 Å². The summed E-state index contributed by atoms with van der Waals surface area (Å²) in [5.41, 5.74) is 6.03. The molecular weight excluding hydrogens is 454 g/mol. The third-order valence-corrected chi connectivity index (χ3v) is 5.35. The first kappa shape index (κ1) is 24.0. The summed E-state index contributed by atoms with van der Waals surface area (Å²) in [5.74, 6) is -0.960. The van der Waals surface area contributed by atoms with Gasteiger partial charge in [0.05, 0.1) is 17.1 Å². The number of fused-ring (bicyclic) bond motifs is 2. The van der Waals surface area contributed by atoms with Crippen LogP contribution in [-0.4, -0.2) is 51.9 Å². The molecular formula is C24H27N5O6. The van der Waals surface area contributed by atoms with Crippen molar-refractivity contribution in [3.8, 4) is 11.5 Å². The summed E-state index contributed by atoms with van der Waals surface area (Å²) >= 11 is 0. The molecule has 11 nitrogen and oxygen atoms in total. The average Bonchev–Trinajstić information content (AvgIpc) is 3.29. The number of hydrogen-bond donors (Lipinski definition) is 2. The Bertz CT molecular complexity index is 1270. The van der Waals surface area contributed by atoms with E-state index in [9.17, 15) is 14.4 Å². The van der Waals surface area contributed by atoms with Gasteiger partial charge in [0.15, 0.2) is 23.8 Å². The minimum atomic E-state index is -0.940. The van der Waals surface area contributed by atoms with Crippen molar-refractivity contribution in [2.24, 2.45) is 0 Å². The van der Waals surface area contributed by atoms with E-state index in [1.54, 1.807) is 41.2 Å². The van der Waals surface area contributed by atoms with Crippen molar-refractivity contribution >= 4 is 28.8 Å². The van der Waals surface area contributed by atoms with E-state index in [0.29, 0.717) is 28.2 Å². The number of nitrogens with one attached hydrogen (secondary N) is 2. The Morgan fingerprint density at radius 3 is 2.60 bits per heavy atom. The summed E-state index contributed by atoms with van der Waals surface area (Å²) in [5, 5.41) is 4.88. The maximum absolute atomic E-state index is 12.8. The maximum Gasteiger partial charge on any atom is 0.339 e. The molecule has 1 aliphatic rings. The zero-order valence-corrected chi connectivity index (χ0v) is 19.9. The number of esters is 1. The lowest BCUT2D eigenvalue weighted by molar-refractivity contribution is -0.135. The Morgan fingerprint density at radius 2 is 1.89 bits per heavy atom. The number of amides is 2. The number of carbonyl (C=O) groups is 3. The van der Waals surface area contributed by atoms with Crippen LogP contribution in [0.5, 0.6) is 11.5 Å². The summed E-state index contributed by atoms with van der Waals surface area (Å²) in [6.07, 6.45) is 0.623. The monoisotopic (exact) mass is 481 g/mol. The molecule has 184 valence electrons. The number of nitrogens with zero attached hydrogens (tertiary/aromatic N) is 3. The second-order valence-electron chi connectivity index (χ2n) is 8.65. The minimum absolute atomic E-state index is 0.00596. The quantitative estimate of drug-likeness (QED) is 0.405. The van der Waals surface area contributed by atoms with Crippen LogP contribution in [0, 0.1) is 0 Å². The predicted molar refractivity (Wildman–Crippen MR) is 125 cm³/mol. The van der Waals surface area contributed by atoms with Gasteiger partial charge in [-0.3, -0.25) is 20.4 Å². The van der Waals surface area contributed by atoms with Gasteiger partial charge in [0, 0.05) is 11.7 Å². The first-order chi connectivity index (χ1) is 16.7. The van der Waals surface area contributed by atoms with Crippen LogP contribution in [0.2, 0.25) is 0 Å². The van der Waals surface area contributed by atoms with Crippen LogP contribution in [0.1, 0.15) is 55.7 Å². The fourth-order valence-electron chi connectivity index (χ4n) is 3.49. The van der Waals surface area contributed by atoms with Crippen LogP contribution in [0.15, 0.2) is 36.5 Å². The summed E-state index contributed by atoms with van der Waals surface area (Å²) in [6.45, 7) is 7.27. The Balaban J connectivity index is 1.35. The molecule has 1 aliphatic heterocycles. The molecule has 4 rings (SSSR count). The fourth-order valence-corrected chi connectivity index (χ4v) is 3.49. The third-order valence-electron chi connectivity index (χ3n) is 5.35. The molecule has 0 aliphatic carbocycles. The molecule has 0 saturated carbocycles. The Hall–Kier alpha value is -4.15. The van der Waals surface area contributed by atoms with E-state index in [2.05, 4.69) is 20.9 Å². The highest BCUT2D eigenvalue weighted by atomic mass is 16.6. The van der Waals surface area contributed by atoms with Crippen molar-refractivity contribution in [3.05, 3.63) is 47.8 Å². The van der Waals surface area contributed by atoms with E-state index in [4.69, 9.17) is 14.2 Å². The summed E-state index contributed by atoms with van der Waals surface area (Å²) < 4.78 is 18.0. The number of hydrogen-bond acceptors (Lipinski definition) is 8. The summed E-state index contributed by atoms with van der Waals surface area (Å²) in [6, 6.07) is 8.66. The van der Waals surface area contributed by atoms with Gasteiger partial charge in [0.2, 0.25) is 6.10 Å². The SMILES string of the molecule is CC(C)c1cc(C(=O)OCC(=O)NNC(=O)C2COc3ccccc3O2)c2cnn(C(C)C)c2n1. The van der Waals surface area contributed by atoms with Crippen LogP contribution in [0.25, 0.3) is 11.0 Å². The molecule has 1 aromatic carbocycles. The highest BCUT2D eigenvalue weighted by Gasteiger charge is 2.28. The number of pyridine rings is 1. The fraction of sp³-hybridized carbons (Fsp3) is 0.375. The smallest absolute Gasteiger partial charge is 0.339 e. The lowest BCUT2D eigenvalue weighted by atomic mass is 10.1. The van der Waals surface area contributed by atoms with Crippen molar-refractivity contribution in [2.75, 3.05) is 13.2 Å². The largest absolute Gasteiger partial charge is 0.485 e. The number of carbonyl (C=O) groups excluding carboxylic acids is 3. The average molecular weight is 482 g/mol. The molecule has 2 aromatic heterocycles. The van der Waals surface area contributed by atoms with Crippen LogP contribution in [-0.2, 0) is 14.3 Å². The van der Waals surface area contributed by atoms with Gasteiger partial charge in [-0.05, 0) is 38.0 Å². The Morgan fingerprint density at radius 1 is 1.14 bits per heavy atom. The lowest BCUT2D eigenvalue weighted by Gasteiger charge is -2.25. The summed E-state index contributed by atoms with van der Waals surface area (Å²) in [7, 11) is 0. The third kappa shape index (κ3) is 5.18. The van der Waals surface area contributed by atoms with E-state index >= 15 is 0 Å². The molecule has 2 N–H and O–H groups in total. The van der Waals surface area contributed by atoms with Gasteiger partial charge in [-0.2, -0.15) is 5.10 Å². The van der Waals surface area contributed by atoms with Crippen LogP contribution < -0.4 is 20.3 Å². The zero-order chi connectivity index (χ0) is 25.1. The Labute approximate surface area is 201 Å². The summed E-state index contributed by atoms with van der Waals surface area (Å²) in [4.78, 5) is 42.0. The normalized spacial score (nSPS) is 14.7. The molecule has 1 atom stereocenters. The van der Waals surface area contributed by atoms with E-state index in [1.807, 2.05) is 27.7 Å². The van der Waals surface area contributed by atoms with Gasteiger partial charge in [0.1, 0.15) is 6.61 Å². The molecule has 3 aromatic rings. The molecule has 0 spiro atoms. The highest BCUT2D eigenvalue weighted by Crippen LogP contribution is 2.30. The number of benzene rings is 1. The van der Waals surface area contributed by atoms with Crippen LogP contribution in [0.4, 0.5) is 0 Å². The molecule has 35 heavy (non-hydrogen) atoms. The minimum Gasteiger partial charge on any atom is -0.485 e. The van der Waals surface area contributed by atoms with E-state index < -0.39 is 30.5 Å². The first-order valence-electron chi connectivity index (χ1n) is 11.3. The second-order valence-corrected chi connectivity index (χ2v) is 8.65. The van der Waals surface area contributed by atoms with Gasteiger partial charge in [-0.25, -0.2) is 14.5 Å². The first-order valence-corrected chi connectivity index (χ1v) is 11.3. The van der Waals surface area contributed by atoms with Crippen molar-refractivity contribution in [3.63, 3.8) is 0 Å². The molecule has 0 saturated heterocycles. The van der Waals surface area contributed by atoms with Crippen molar-refractivity contribution in [2.45, 2.75) is 45.8 Å². The van der Waals surface area contributed by atoms with Gasteiger partial charge in [-0.1, -0.05) is 26.0 Å². The van der Waals surface area contributed by atoms with Gasteiger partial charge in [-0.15, -0.1) is 0 Å². The number of ether oxygens (including phenoxy) is 3. The number of para-hydroxylation sites is 2. The molecule has 0 fully saturated rings. The zero-order valence-electron chi connectivity index (χ0n) is 19.9. The van der Waals surface area contributed by atoms with Crippen molar-refractivity contribution in [1.82, 2.24) is 25.6 Å². The molecule has 0 bridgehead atoms. The highest BCUT2D eigenvalue weighted by molar-refractivity contribution is 6.03. The number of rotatable bonds is 6. The van der Waals surface area contributed by atoms with Gasteiger partial charge in [0.25, 0.3) is 11.8 Å². The van der Waals surface area contributed by atoms with Crippen LogP contribution >= 0.6 is 0 Å². The molecule has 0 radical (unpaired) electrons. The standard InChI is InChI=1S/C24H27N5O6/c1-13(2)17-9-15(16-10-25-29(14(3)4)22(16)26-17)24(32)34-12-21(30)27-28-23(31)20-11-33-18-7-5-6-8-19(18)35-20/h5-10,13-14,20H,11-12H2,1-4H3,(H,27,30)(H,28,31). The lowest BCUT2D eigenvalue weighted by Crippen LogP contribution is -2.51. The van der Waals surface area contributed by atoms with Crippen LogP contribution in [0.3, 0.4) is 0 Å². The van der Waals surface area contributed by atoms with Crippen molar-refractivity contribution < 1.29 is 28.6 Å². The topological polar surface area (TPSA) is 134 Å². The maximum atomic E-state index is 12.8. The van der Waals surface area contributed by atoms with Gasteiger partial charge >= 0.3 is 5.97 Å². The van der Waals surface area contributed by atoms with Crippen molar-refractivity contribution in [1.29, 1.82) is 0 Å².